The minimum Gasteiger partial charge on any atom is -0.472 e. The molecule has 0 bridgehead atoms. The molecule has 0 saturated heterocycles. The summed E-state index contributed by atoms with van der Waals surface area (Å²) in [6.45, 7) is 4.28. The van der Waals surface area contributed by atoms with Crippen LogP contribution in [-0.2, 0) is 9.53 Å². The Labute approximate surface area is 200 Å². The number of amides is 2. The van der Waals surface area contributed by atoms with Crippen LogP contribution in [0.15, 0.2) is 42.6 Å². The first-order chi connectivity index (χ1) is 16.3. The van der Waals surface area contributed by atoms with Crippen molar-refractivity contribution in [2.24, 2.45) is 5.92 Å². The van der Waals surface area contributed by atoms with Crippen LogP contribution in [0.3, 0.4) is 0 Å². The van der Waals surface area contributed by atoms with Crippen molar-refractivity contribution in [1.82, 2.24) is 14.8 Å². The van der Waals surface area contributed by atoms with Gasteiger partial charge in [0.25, 0.3) is 5.91 Å². The number of aromatic nitrogens is 1. The number of nitrogens with zero attached hydrogens (tertiary/aromatic N) is 3. The zero-order valence-corrected chi connectivity index (χ0v) is 20.2. The normalized spacial score (nSPS) is 19.2. The summed E-state index contributed by atoms with van der Waals surface area (Å²) >= 11 is 0. The molecule has 3 atom stereocenters. The summed E-state index contributed by atoms with van der Waals surface area (Å²) < 4.78 is 11.2. The van der Waals surface area contributed by atoms with Crippen molar-refractivity contribution in [3.8, 4) is 5.88 Å². The quantitative estimate of drug-likeness (QED) is 0.642. The Morgan fingerprint density at radius 3 is 2.71 bits per heavy atom. The minimum absolute atomic E-state index is 0.0182. The monoisotopic (exact) mass is 467 g/mol. The molecule has 182 valence electrons. The summed E-state index contributed by atoms with van der Waals surface area (Å²) in [6.07, 6.45) is 5.11. The fourth-order valence-corrected chi connectivity index (χ4v) is 3.79. The SMILES string of the molecule is COCC(=O)N(C)C[C@@H]1Oc2ncc(/C=C/c3ccccc3)cc2C(=O)N([C@@H](C)CO)C[C@H]1C. The molecule has 3 rings (SSSR count). The standard InChI is InChI=1S/C26H33N3O5/c1-18-14-29(19(2)16-30)26(32)22-12-21(11-10-20-8-6-5-7-9-20)13-27-25(22)34-23(18)15-28(3)24(31)17-33-4/h5-13,18-19,23,30H,14-17H2,1-4H3/b11-10+/t18-,19+,23+/m1/s1. The highest BCUT2D eigenvalue weighted by Crippen LogP contribution is 2.28. The zero-order valence-electron chi connectivity index (χ0n) is 20.2. The van der Waals surface area contributed by atoms with Crippen molar-refractivity contribution in [3.05, 3.63) is 59.3 Å². The van der Waals surface area contributed by atoms with Gasteiger partial charge in [-0.1, -0.05) is 49.4 Å². The Morgan fingerprint density at radius 1 is 1.32 bits per heavy atom. The maximum atomic E-state index is 13.5. The van der Waals surface area contributed by atoms with Gasteiger partial charge in [0, 0.05) is 32.8 Å². The number of aliphatic hydroxyl groups is 1. The lowest BCUT2D eigenvalue weighted by molar-refractivity contribution is -0.135. The Hall–Kier alpha value is -3.23. The largest absolute Gasteiger partial charge is 0.472 e. The van der Waals surface area contributed by atoms with Gasteiger partial charge in [0.1, 0.15) is 18.3 Å². The third kappa shape index (κ3) is 6.21. The van der Waals surface area contributed by atoms with Gasteiger partial charge in [-0.3, -0.25) is 9.59 Å². The summed E-state index contributed by atoms with van der Waals surface area (Å²) in [5.74, 6) is -0.288. The van der Waals surface area contributed by atoms with Gasteiger partial charge in [0.05, 0.1) is 19.2 Å². The van der Waals surface area contributed by atoms with Crippen LogP contribution in [0.2, 0.25) is 0 Å². The topological polar surface area (TPSA) is 92.2 Å². The number of benzene rings is 1. The van der Waals surface area contributed by atoms with Gasteiger partial charge in [-0.05, 0) is 24.1 Å². The fourth-order valence-electron chi connectivity index (χ4n) is 3.79. The molecule has 2 amide bonds. The molecule has 0 fully saturated rings. The summed E-state index contributed by atoms with van der Waals surface area (Å²) in [5.41, 5.74) is 2.12. The summed E-state index contributed by atoms with van der Waals surface area (Å²) in [7, 11) is 3.17. The van der Waals surface area contributed by atoms with Gasteiger partial charge in [0.15, 0.2) is 0 Å². The highest BCUT2D eigenvalue weighted by molar-refractivity contribution is 5.97. The number of carbonyl (C=O) groups excluding carboxylic acids is 2. The molecule has 0 unspecified atom stereocenters. The predicted octanol–water partition coefficient (Wildman–Crippen LogP) is 2.58. The van der Waals surface area contributed by atoms with E-state index in [1.165, 1.54) is 7.11 Å². The van der Waals surface area contributed by atoms with Gasteiger partial charge in [-0.15, -0.1) is 0 Å². The first-order valence-corrected chi connectivity index (χ1v) is 11.4. The molecule has 1 aliphatic heterocycles. The van der Waals surface area contributed by atoms with Crippen LogP contribution in [0.1, 0.15) is 35.3 Å². The van der Waals surface area contributed by atoms with Gasteiger partial charge in [-0.25, -0.2) is 4.98 Å². The molecule has 0 radical (unpaired) electrons. The number of fused-ring (bicyclic) bond motifs is 1. The highest BCUT2D eigenvalue weighted by atomic mass is 16.5. The average Bonchev–Trinajstić information content (AvgIpc) is 2.85. The van der Waals surface area contributed by atoms with E-state index < -0.39 is 6.10 Å². The Kier molecular flexibility index (Phi) is 8.79. The van der Waals surface area contributed by atoms with Crippen molar-refractivity contribution >= 4 is 24.0 Å². The molecule has 1 aromatic carbocycles. The van der Waals surface area contributed by atoms with E-state index in [1.54, 1.807) is 29.1 Å². The average molecular weight is 468 g/mol. The molecular weight excluding hydrogens is 434 g/mol. The molecule has 1 aromatic heterocycles. The first-order valence-electron chi connectivity index (χ1n) is 11.4. The van der Waals surface area contributed by atoms with E-state index in [2.05, 4.69) is 4.98 Å². The predicted molar refractivity (Wildman–Crippen MR) is 130 cm³/mol. The molecule has 8 nitrogen and oxygen atoms in total. The number of methoxy groups -OCH3 is 1. The molecule has 8 heteroatoms. The molecule has 0 saturated carbocycles. The van der Waals surface area contributed by atoms with Crippen LogP contribution >= 0.6 is 0 Å². The third-order valence-electron chi connectivity index (χ3n) is 5.96. The van der Waals surface area contributed by atoms with Crippen LogP contribution < -0.4 is 4.74 Å². The molecule has 1 N–H and O–H groups in total. The first kappa shape index (κ1) is 25.4. The van der Waals surface area contributed by atoms with Crippen LogP contribution in [0.25, 0.3) is 12.2 Å². The van der Waals surface area contributed by atoms with Crippen LogP contribution in [0, 0.1) is 5.92 Å². The van der Waals surface area contributed by atoms with Crippen LogP contribution in [-0.4, -0.2) is 84.3 Å². The lowest BCUT2D eigenvalue weighted by Crippen LogP contribution is -2.50. The number of hydrogen-bond acceptors (Lipinski definition) is 6. The number of pyridine rings is 1. The van der Waals surface area contributed by atoms with E-state index >= 15 is 0 Å². The van der Waals surface area contributed by atoms with E-state index in [4.69, 9.17) is 9.47 Å². The van der Waals surface area contributed by atoms with Gasteiger partial charge < -0.3 is 24.4 Å². The molecular formula is C26H33N3O5. The smallest absolute Gasteiger partial charge is 0.259 e. The summed E-state index contributed by atoms with van der Waals surface area (Å²) in [4.78, 5) is 33.4. The molecule has 1 aliphatic rings. The number of rotatable bonds is 8. The number of carbonyl (C=O) groups is 2. The molecule has 0 spiro atoms. The number of likely N-dealkylation sites (N-methyl/N-ethyl adjacent to an activating group) is 1. The van der Waals surface area contributed by atoms with Crippen molar-refractivity contribution in [1.29, 1.82) is 0 Å². The minimum atomic E-state index is -0.399. The van der Waals surface area contributed by atoms with Crippen LogP contribution in [0.4, 0.5) is 0 Å². The second-order valence-corrected chi connectivity index (χ2v) is 8.70. The van der Waals surface area contributed by atoms with Crippen molar-refractivity contribution in [2.75, 3.05) is 40.5 Å². The van der Waals surface area contributed by atoms with E-state index in [-0.39, 0.29) is 42.9 Å². The van der Waals surface area contributed by atoms with Gasteiger partial charge in [-0.2, -0.15) is 0 Å². The zero-order chi connectivity index (χ0) is 24.7. The Bertz CT molecular complexity index is 1010. The lowest BCUT2D eigenvalue weighted by Gasteiger charge is -2.37. The maximum absolute atomic E-state index is 13.5. The molecule has 2 aromatic rings. The second-order valence-electron chi connectivity index (χ2n) is 8.70. The Morgan fingerprint density at radius 2 is 2.03 bits per heavy atom. The summed E-state index contributed by atoms with van der Waals surface area (Å²) in [5, 5.41) is 9.79. The van der Waals surface area contributed by atoms with Crippen LogP contribution in [0.5, 0.6) is 5.88 Å². The number of hydrogen-bond donors (Lipinski definition) is 1. The van der Waals surface area contributed by atoms with E-state index in [0.717, 1.165) is 11.1 Å². The highest BCUT2D eigenvalue weighted by Gasteiger charge is 2.34. The molecule has 34 heavy (non-hydrogen) atoms. The van der Waals surface area contributed by atoms with E-state index in [1.807, 2.05) is 56.3 Å². The van der Waals surface area contributed by atoms with E-state index in [9.17, 15) is 14.7 Å². The van der Waals surface area contributed by atoms with Gasteiger partial charge >= 0.3 is 0 Å². The second kappa shape index (κ2) is 11.8. The molecule has 2 heterocycles. The van der Waals surface area contributed by atoms with E-state index in [0.29, 0.717) is 18.7 Å². The number of ether oxygens (including phenoxy) is 2. The van der Waals surface area contributed by atoms with Crippen molar-refractivity contribution in [3.63, 3.8) is 0 Å². The fraction of sp³-hybridized carbons (Fsp3) is 0.423. The van der Waals surface area contributed by atoms with Gasteiger partial charge in [0.2, 0.25) is 11.8 Å². The summed E-state index contributed by atoms with van der Waals surface area (Å²) in [6, 6.07) is 11.2. The third-order valence-corrected chi connectivity index (χ3v) is 5.96. The Balaban J connectivity index is 1.94. The maximum Gasteiger partial charge on any atom is 0.259 e. The number of aliphatic hydroxyl groups excluding tert-OH is 1. The molecule has 0 aliphatic carbocycles. The van der Waals surface area contributed by atoms with Crippen molar-refractivity contribution < 1.29 is 24.2 Å². The van der Waals surface area contributed by atoms with Crippen molar-refractivity contribution in [2.45, 2.75) is 26.0 Å². The lowest BCUT2D eigenvalue weighted by atomic mass is 9.99.